The summed E-state index contributed by atoms with van der Waals surface area (Å²) >= 11 is 0. The maximum atomic E-state index is 13.4. The second-order valence-electron chi connectivity index (χ2n) is 5.38. The van der Waals surface area contributed by atoms with Crippen LogP contribution in [0.25, 0.3) is 0 Å². The second-order valence-corrected chi connectivity index (χ2v) is 5.38. The van der Waals surface area contributed by atoms with E-state index in [0.717, 1.165) is 18.7 Å². The molecule has 1 aliphatic heterocycles. The molecule has 1 aromatic carbocycles. The molecule has 1 aromatic rings. The lowest BCUT2D eigenvalue weighted by Crippen LogP contribution is -2.59. The minimum atomic E-state index is -0.399. The molecule has 17 heavy (non-hydrogen) atoms. The van der Waals surface area contributed by atoms with Crippen LogP contribution >= 0.6 is 0 Å². The zero-order valence-corrected chi connectivity index (χ0v) is 9.75. The van der Waals surface area contributed by atoms with Crippen molar-refractivity contribution in [2.45, 2.75) is 25.8 Å². The van der Waals surface area contributed by atoms with Gasteiger partial charge in [-0.25, -0.2) is 4.39 Å². The smallest absolute Gasteiger partial charge is 0.141 e. The Kier molecular flexibility index (Phi) is 2.41. The van der Waals surface area contributed by atoms with Gasteiger partial charge in [0.1, 0.15) is 11.9 Å². The lowest BCUT2D eigenvalue weighted by molar-refractivity contribution is -0.0645. The van der Waals surface area contributed by atoms with E-state index in [9.17, 15) is 4.39 Å². The van der Waals surface area contributed by atoms with Gasteiger partial charge in [0, 0.05) is 19.6 Å². The Bertz CT molecular complexity index is 477. The van der Waals surface area contributed by atoms with E-state index in [4.69, 9.17) is 5.26 Å². The van der Waals surface area contributed by atoms with Gasteiger partial charge in [0.15, 0.2) is 0 Å². The van der Waals surface area contributed by atoms with Gasteiger partial charge in [-0.15, -0.1) is 0 Å². The molecule has 1 spiro atoms. The Balaban J connectivity index is 1.70. The van der Waals surface area contributed by atoms with Crippen LogP contribution in [0.15, 0.2) is 18.2 Å². The van der Waals surface area contributed by atoms with E-state index < -0.39 is 5.82 Å². The molecule has 2 aliphatic rings. The summed E-state index contributed by atoms with van der Waals surface area (Å²) in [5, 5.41) is 8.95. The molecular weight excluding hydrogens is 215 g/mol. The van der Waals surface area contributed by atoms with Crippen molar-refractivity contribution < 1.29 is 4.39 Å². The molecule has 1 aliphatic carbocycles. The average molecular weight is 230 g/mol. The van der Waals surface area contributed by atoms with Gasteiger partial charge in [-0.05, 0) is 29.9 Å². The monoisotopic (exact) mass is 230 g/mol. The Morgan fingerprint density at radius 1 is 1.35 bits per heavy atom. The maximum Gasteiger partial charge on any atom is 0.141 e. The van der Waals surface area contributed by atoms with Crippen LogP contribution in [0.3, 0.4) is 0 Å². The number of rotatable bonds is 2. The van der Waals surface area contributed by atoms with Crippen molar-refractivity contribution in [3.8, 4) is 6.07 Å². The van der Waals surface area contributed by atoms with Crippen LogP contribution in [0.2, 0.25) is 0 Å². The zero-order chi connectivity index (χ0) is 11.9. The molecule has 2 fully saturated rings. The van der Waals surface area contributed by atoms with Gasteiger partial charge in [-0.1, -0.05) is 18.6 Å². The van der Waals surface area contributed by atoms with Crippen LogP contribution in [0.4, 0.5) is 4.39 Å². The molecule has 0 amide bonds. The molecule has 1 saturated heterocycles. The highest BCUT2D eigenvalue weighted by Crippen LogP contribution is 2.48. The lowest BCUT2D eigenvalue weighted by Gasteiger charge is -2.56. The molecule has 0 radical (unpaired) electrons. The normalized spacial score (nSPS) is 21.6. The highest BCUT2D eigenvalue weighted by molar-refractivity contribution is 5.38. The molecule has 3 heteroatoms. The predicted octanol–water partition coefficient (Wildman–Crippen LogP) is 2.68. The van der Waals surface area contributed by atoms with Crippen molar-refractivity contribution in [3.05, 3.63) is 35.1 Å². The largest absolute Gasteiger partial charge is 0.298 e. The molecule has 88 valence electrons. The summed E-state index contributed by atoms with van der Waals surface area (Å²) in [4.78, 5) is 2.31. The van der Waals surface area contributed by atoms with Gasteiger partial charge >= 0.3 is 0 Å². The van der Waals surface area contributed by atoms with E-state index in [1.165, 1.54) is 25.3 Å². The minimum absolute atomic E-state index is 0.210. The van der Waals surface area contributed by atoms with Crippen molar-refractivity contribution in [2.24, 2.45) is 5.41 Å². The Morgan fingerprint density at radius 2 is 2.12 bits per heavy atom. The molecule has 0 unspecified atom stereocenters. The summed E-state index contributed by atoms with van der Waals surface area (Å²) in [5.74, 6) is -0.399. The van der Waals surface area contributed by atoms with Crippen molar-refractivity contribution in [1.82, 2.24) is 4.90 Å². The van der Waals surface area contributed by atoms with Gasteiger partial charge in [0.25, 0.3) is 0 Å². The topological polar surface area (TPSA) is 27.0 Å². The first-order valence-electron chi connectivity index (χ1n) is 6.12. The predicted molar refractivity (Wildman–Crippen MR) is 62.7 cm³/mol. The molecule has 0 bridgehead atoms. The number of nitrogens with zero attached hydrogens (tertiary/aromatic N) is 2. The molecule has 3 rings (SSSR count). The summed E-state index contributed by atoms with van der Waals surface area (Å²) in [5.41, 5.74) is 1.61. The highest BCUT2D eigenvalue weighted by Gasteiger charge is 2.46. The van der Waals surface area contributed by atoms with Crippen LogP contribution in [0.5, 0.6) is 0 Å². The average Bonchev–Trinajstić information content (AvgIpc) is 2.20. The maximum absolute atomic E-state index is 13.4. The third kappa shape index (κ3) is 1.73. The van der Waals surface area contributed by atoms with Crippen LogP contribution < -0.4 is 0 Å². The van der Waals surface area contributed by atoms with Gasteiger partial charge < -0.3 is 0 Å². The molecule has 1 heterocycles. The first kappa shape index (κ1) is 10.7. The summed E-state index contributed by atoms with van der Waals surface area (Å²) in [7, 11) is 0. The first-order chi connectivity index (χ1) is 8.22. The molecule has 1 saturated carbocycles. The van der Waals surface area contributed by atoms with Crippen LogP contribution in [0, 0.1) is 22.6 Å². The van der Waals surface area contributed by atoms with Crippen LogP contribution in [-0.4, -0.2) is 18.0 Å². The fraction of sp³-hybridized carbons (Fsp3) is 0.500. The third-order valence-electron chi connectivity index (χ3n) is 4.14. The summed E-state index contributed by atoms with van der Waals surface area (Å²) in [6, 6.07) is 6.86. The van der Waals surface area contributed by atoms with Crippen molar-refractivity contribution in [2.75, 3.05) is 13.1 Å². The Labute approximate surface area is 101 Å². The number of hydrogen-bond acceptors (Lipinski definition) is 2. The van der Waals surface area contributed by atoms with Crippen molar-refractivity contribution in [1.29, 1.82) is 5.26 Å². The molecule has 0 N–H and O–H groups in total. The first-order valence-corrected chi connectivity index (χ1v) is 6.12. The number of halogens is 1. The summed E-state index contributed by atoms with van der Waals surface area (Å²) in [6.07, 6.45) is 4.05. The second kappa shape index (κ2) is 3.82. The molecular formula is C14H15FN2. The SMILES string of the molecule is N#Cc1c(F)cccc1CN1CC2(CCC2)C1. The lowest BCUT2D eigenvalue weighted by atomic mass is 9.63. The van der Waals surface area contributed by atoms with E-state index >= 15 is 0 Å². The van der Waals surface area contributed by atoms with E-state index in [0.29, 0.717) is 12.0 Å². The van der Waals surface area contributed by atoms with Gasteiger partial charge in [0.05, 0.1) is 5.56 Å². The van der Waals surface area contributed by atoms with Crippen LogP contribution in [0.1, 0.15) is 30.4 Å². The van der Waals surface area contributed by atoms with Crippen molar-refractivity contribution in [3.63, 3.8) is 0 Å². The quantitative estimate of drug-likeness (QED) is 0.781. The standard InChI is InChI=1S/C14H15FN2/c15-13-4-1-3-11(12(13)7-16)8-17-9-14(10-17)5-2-6-14/h1,3-4H,2,5-6,8-10H2. The molecule has 0 aromatic heterocycles. The summed E-state index contributed by atoms with van der Waals surface area (Å²) < 4.78 is 13.4. The summed E-state index contributed by atoms with van der Waals surface area (Å²) in [6.45, 7) is 2.95. The van der Waals surface area contributed by atoms with Gasteiger partial charge in [-0.2, -0.15) is 5.26 Å². The number of likely N-dealkylation sites (tertiary alicyclic amines) is 1. The fourth-order valence-electron chi connectivity index (χ4n) is 3.07. The number of hydrogen-bond donors (Lipinski definition) is 0. The van der Waals surface area contributed by atoms with E-state index in [1.807, 2.05) is 12.1 Å². The highest BCUT2D eigenvalue weighted by atomic mass is 19.1. The Hall–Kier alpha value is -1.40. The Morgan fingerprint density at radius 3 is 2.71 bits per heavy atom. The third-order valence-corrected chi connectivity index (χ3v) is 4.14. The number of benzene rings is 1. The van der Waals surface area contributed by atoms with Crippen molar-refractivity contribution >= 4 is 0 Å². The molecule has 0 atom stereocenters. The van der Waals surface area contributed by atoms with E-state index in [-0.39, 0.29) is 5.56 Å². The fourth-order valence-corrected chi connectivity index (χ4v) is 3.07. The molecule has 2 nitrogen and oxygen atoms in total. The van der Waals surface area contributed by atoms with Gasteiger partial charge in [-0.3, -0.25) is 4.90 Å². The van der Waals surface area contributed by atoms with E-state index in [2.05, 4.69) is 4.90 Å². The van der Waals surface area contributed by atoms with E-state index in [1.54, 1.807) is 6.07 Å². The zero-order valence-electron chi connectivity index (χ0n) is 9.75. The number of nitriles is 1. The van der Waals surface area contributed by atoms with Crippen LogP contribution in [-0.2, 0) is 6.54 Å². The van der Waals surface area contributed by atoms with Gasteiger partial charge in [0.2, 0.25) is 0 Å². The minimum Gasteiger partial charge on any atom is -0.298 e.